The van der Waals surface area contributed by atoms with Crippen LogP contribution in [-0.4, -0.2) is 17.0 Å². The molecule has 32 heavy (non-hydrogen) atoms. The highest BCUT2D eigenvalue weighted by Crippen LogP contribution is 2.75. The first kappa shape index (κ1) is 23.1. The third kappa shape index (κ3) is 2.49. The van der Waals surface area contributed by atoms with Gasteiger partial charge in [0.2, 0.25) is 0 Å². The summed E-state index contributed by atoms with van der Waals surface area (Å²) >= 11 is 0. The molecule has 0 spiro atoms. The SMILES string of the molecule is CC(C)[C@H]1CC[C@@H]2[C@]1(C)CC[C@]1(C)[C@H]3CC[C@H]4C(C)(C)[C@@H](O)CC[C@]4(C)C3=CC(=O)[C@@]21C. The molecule has 0 radical (unpaired) electrons. The second-order valence-electron chi connectivity index (χ2n) is 14.5. The van der Waals surface area contributed by atoms with E-state index in [-0.39, 0.29) is 27.8 Å². The third-order valence-corrected chi connectivity index (χ3v) is 13.1. The number of carbonyl (C=O) groups is 1. The lowest BCUT2D eigenvalue weighted by Gasteiger charge is -2.68. The average Bonchev–Trinajstić information content (AvgIpc) is 3.07. The molecule has 0 heterocycles. The van der Waals surface area contributed by atoms with Crippen molar-refractivity contribution in [3.63, 3.8) is 0 Å². The Morgan fingerprint density at radius 3 is 2.19 bits per heavy atom. The summed E-state index contributed by atoms with van der Waals surface area (Å²) in [5, 5.41) is 10.8. The van der Waals surface area contributed by atoms with Gasteiger partial charge in [-0.1, -0.05) is 61.0 Å². The minimum Gasteiger partial charge on any atom is -0.393 e. The molecule has 1 N–H and O–H groups in total. The summed E-state index contributed by atoms with van der Waals surface area (Å²) in [7, 11) is 0. The highest BCUT2D eigenvalue weighted by Gasteiger charge is 2.71. The third-order valence-electron chi connectivity index (χ3n) is 13.1. The molecular weight excluding hydrogens is 392 g/mol. The summed E-state index contributed by atoms with van der Waals surface area (Å²) in [5.41, 5.74) is 1.60. The summed E-state index contributed by atoms with van der Waals surface area (Å²) in [6, 6.07) is 0. The lowest BCUT2D eigenvalue weighted by molar-refractivity contribution is -0.176. The maximum atomic E-state index is 14.3. The van der Waals surface area contributed by atoms with Gasteiger partial charge in [-0.05, 0) is 109 Å². The predicted molar refractivity (Wildman–Crippen MR) is 131 cm³/mol. The van der Waals surface area contributed by atoms with Crippen LogP contribution in [0.4, 0.5) is 0 Å². The summed E-state index contributed by atoms with van der Waals surface area (Å²) < 4.78 is 0. The average molecular weight is 441 g/mol. The maximum absolute atomic E-state index is 14.3. The monoisotopic (exact) mass is 440 g/mol. The van der Waals surface area contributed by atoms with Crippen LogP contribution in [0.2, 0.25) is 0 Å². The van der Waals surface area contributed by atoms with Gasteiger partial charge in [-0.3, -0.25) is 4.79 Å². The molecule has 180 valence electrons. The maximum Gasteiger partial charge on any atom is 0.162 e. The number of rotatable bonds is 1. The zero-order chi connectivity index (χ0) is 23.5. The van der Waals surface area contributed by atoms with E-state index in [4.69, 9.17) is 0 Å². The molecule has 5 aliphatic carbocycles. The van der Waals surface area contributed by atoms with Crippen molar-refractivity contribution in [1.29, 1.82) is 0 Å². The minimum absolute atomic E-state index is 0.0581. The quantitative estimate of drug-likeness (QED) is 0.468. The van der Waals surface area contributed by atoms with Crippen LogP contribution in [0.1, 0.15) is 107 Å². The molecule has 9 atom stereocenters. The molecule has 5 aliphatic rings. The Kier molecular flexibility index (Phi) is 4.87. The van der Waals surface area contributed by atoms with Crippen LogP contribution in [0.15, 0.2) is 11.6 Å². The van der Waals surface area contributed by atoms with Crippen LogP contribution in [0.25, 0.3) is 0 Å². The summed E-state index contributed by atoms with van der Waals surface area (Å²) in [6.07, 6.45) is 11.2. The topological polar surface area (TPSA) is 37.3 Å². The zero-order valence-electron chi connectivity index (χ0n) is 22.1. The van der Waals surface area contributed by atoms with E-state index >= 15 is 0 Å². The molecule has 4 saturated carbocycles. The molecule has 0 bridgehead atoms. The van der Waals surface area contributed by atoms with E-state index in [0.717, 1.165) is 18.8 Å². The van der Waals surface area contributed by atoms with Gasteiger partial charge in [0.25, 0.3) is 0 Å². The van der Waals surface area contributed by atoms with Crippen LogP contribution in [0.5, 0.6) is 0 Å². The number of ketones is 1. The van der Waals surface area contributed by atoms with Crippen molar-refractivity contribution in [2.24, 2.45) is 56.7 Å². The summed E-state index contributed by atoms with van der Waals surface area (Å²) in [5.74, 6) is 3.40. The fraction of sp³-hybridized carbons (Fsp3) is 0.900. The molecule has 0 aromatic carbocycles. The number of hydrogen-bond donors (Lipinski definition) is 1. The van der Waals surface area contributed by atoms with Crippen molar-refractivity contribution < 1.29 is 9.90 Å². The first-order valence-electron chi connectivity index (χ1n) is 13.7. The second kappa shape index (κ2) is 6.73. The van der Waals surface area contributed by atoms with Crippen molar-refractivity contribution >= 4 is 5.78 Å². The van der Waals surface area contributed by atoms with Crippen molar-refractivity contribution in [1.82, 2.24) is 0 Å². The lowest BCUT2D eigenvalue weighted by Crippen LogP contribution is -2.64. The Bertz CT molecular complexity index is 853. The Hall–Kier alpha value is -0.630. The number of carbonyl (C=O) groups excluding carboxylic acids is 1. The van der Waals surface area contributed by atoms with Crippen LogP contribution < -0.4 is 0 Å². The molecular formula is C30H48O2. The van der Waals surface area contributed by atoms with Crippen molar-refractivity contribution in [3.8, 4) is 0 Å². The van der Waals surface area contributed by atoms with Gasteiger partial charge in [-0.2, -0.15) is 0 Å². The molecule has 0 saturated heterocycles. The highest BCUT2D eigenvalue weighted by molar-refractivity contribution is 5.98. The fourth-order valence-electron chi connectivity index (χ4n) is 11.0. The molecule has 4 fully saturated rings. The Labute approximate surface area is 197 Å². The van der Waals surface area contributed by atoms with Gasteiger partial charge in [-0.15, -0.1) is 0 Å². The summed E-state index contributed by atoms with van der Waals surface area (Å²) in [4.78, 5) is 14.3. The van der Waals surface area contributed by atoms with Crippen LogP contribution in [0.3, 0.4) is 0 Å². The number of fused-ring (bicyclic) bond motifs is 7. The van der Waals surface area contributed by atoms with Gasteiger partial charge in [-0.25, -0.2) is 0 Å². The molecule has 0 aromatic heterocycles. The van der Waals surface area contributed by atoms with Gasteiger partial charge >= 0.3 is 0 Å². The van der Waals surface area contributed by atoms with Gasteiger partial charge in [0.1, 0.15) is 0 Å². The van der Waals surface area contributed by atoms with E-state index in [1.54, 1.807) is 0 Å². The van der Waals surface area contributed by atoms with Gasteiger partial charge in [0.05, 0.1) is 6.10 Å². The lowest BCUT2D eigenvalue weighted by atomic mass is 9.35. The smallest absolute Gasteiger partial charge is 0.162 e. The summed E-state index contributed by atoms with van der Waals surface area (Å²) in [6.45, 7) is 19.2. The molecule has 0 aromatic rings. The molecule has 2 nitrogen and oxygen atoms in total. The molecule has 0 unspecified atom stereocenters. The second-order valence-corrected chi connectivity index (χ2v) is 14.5. The first-order chi connectivity index (χ1) is 14.7. The van der Waals surface area contributed by atoms with E-state index in [0.29, 0.717) is 34.9 Å². The van der Waals surface area contributed by atoms with Crippen LogP contribution in [-0.2, 0) is 4.79 Å². The Morgan fingerprint density at radius 2 is 1.53 bits per heavy atom. The Balaban J connectivity index is 1.61. The van der Waals surface area contributed by atoms with Crippen LogP contribution in [0, 0.1) is 56.7 Å². The molecule has 5 rings (SSSR count). The van der Waals surface area contributed by atoms with Gasteiger partial charge in [0, 0.05) is 5.41 Å². The number of hydrogen-bond acceptors (Lipinski definition) is 2. The standard InChI is InChI=1S/C30H48O2/c1-18(2)19-9-12-23-28(19,6)15-16-29(7)20-10-11-22-26(3,4)24(31)13-14-27(22,5)21(20)17-25(32)30(23,29)8/h17-20,22-24,31H,9-16H2,1-8H3/t19-,20+,22+,23-,24+,27-,28-,29-,30-/m1/s1. The molecule has 0 aliphatic heterocycles. The normalized spacial score (nSPS) is 54.4. The predicted octanol–water partition coefficient (Wildman–Crippen LogP) is 7.20. The minimum atomic E-state index is -0.231. The Morgan fingerprint density at radius 1 is 0.875 bits per heavy atom. The van der Waals surface area contributed by atoms with Crippen molar-refractivity contribution in [2.45, 2.75) is 113 Å². The van der Waals surface area contributed by atoms with E-state index < -0.39 is 0 Å². The zero-order valence-corrected chi connectivity index (χ0v) is 22.1. The first-order valence-corrected chi connectivity index (χ1v) is 13.7. The number of aliphatic hydroxyl groups is 1. The van der Waals surface area contributed by atoms with E-state index in [2.05, 4.69) is 61.5 Å². The van der Waals surface area contributed by atoms with Gasteiger partial charge < -0.3 is 5.11 Å². The van der Waals surface area contributed by atoms with E-state index in [1.165, 1.54) is 44.1 Å². The molecule has 0 amide bonds. The highest BCUT2D eigenvalue weighted by atomic mass is 16.3. The fourth-order valence-corrected chi connectivity index (χ4v) is 11.0. The van der Waals surface area contributed by atoms with Gasteiger partial charge in [0.15, 0.2) is 5.78 Å². The van der Waals surface area contributed by atoms with Crippen molar-refractivity contribution in [3.05, 3.63) is 11.6 Å². The van der Waals surface area contributed by atoms with Crippen molar-refractivity contribution in [2.75, 3.05) is 0 Å². The largest absolute Gasteiger partial charge is 0.393 e. The molecule has 2 heteroatoms. The van der Waals surface area contributed by atoms with E-state index in [9.17, 15) is 9.90 Å². The van der Waals surface area contributed by atoms with Crippen LogP contribution >= 0.6 is 0 Å². The van der Waals surface area contributed by atoms with E-state index in [1.807, 2.05) is 0 Å². The number of allylic oxidation sites excluding steroid dienone is 2. The number of aliphatic hydroxyl groups excluding tert-OH is 1.